The molecule has 0 heterocycles. The lowest BCUT2D eigenvalue weighted by atomic mass is 10.3. The lowest BCUT2D eigenvalue weighted by Gasteiger charge is -1.77. The van der Waals surface area contributed by atoms with Crippen molar-refractivity contribution in [3.05, 3.63) is 35.5 Å². The molecular formula is C7H9NO2S. The van der Waals surface area contributed by atoms with Crippen LogP contribution < -0.4 is 5.14 Å². The molecule has 2 rings (SSSR count). The zero-order chi connectivity index (χ0) is 8.27. The molecule has 0 aromatic rings. The number of rotatable bonds is 0. The van der Waals surface area contributed by atoms with Crippen LogP contribution in [-0.2, 0) is 10.9 Å². The number of thiol groups is 1. The van der Waals surface area contributed by atoms with Crippen molar-refractivity contribution in [3.63, 3.8) is 0 Å². The summed E-state index contributed by atoms with van der Waals surface area (Å²) in [4.78, 5) is 0. The summed E-state index contributed by atoms with van der Waals surface area (Å²) >= 11 is 0. The Morgan fingerprint density at radius 3 is 1.64 bits per heavy atom. The Morgan fingerprint density at radius 1 is 1.18 bits per heavy atom. The first-order valence-corrected chi connectivity index (χ1v) is 4.40. The van der Waals surface area contributed by atoms with Crippen molar-refractivity contribution in [2.45, 2.75) is 6.42 Å². The van der Waals surface area contributed by atoms with Crippen LogP contribution in [0.4, 0.5) is 0 Å². The van der Waals surface area contributed by atoms with E-state index in [-0.39, 0.29) is 0 Å². The summed E-state index contributed by atoms with van der Waals surface area (Å²) in [5, 5.41) is 4.06. The van der Waals surface area contributed by atoms with Gasteiger partial charge in [0.2, 0.25) is 0 Å². The maximum absolute atomic E-state index is 8.81. The summed E-state index contributed by atoms with van der Waals surface area (Å²) in [7, 11) is -2.62. The van der Waals surface area contributed by atoms with Gasteiger partial charge in [-0.3, -0.25) is 0 Å². The maximum Gasteiger partial charge on any atom is 0.198 e. The van der Waals surface area contributed by atoms with Crippen LogP contribution in [0.5, 0.6) is 0 Å². The van der Waals surface area contributed by atoms with Gasteiger partial charge in [0, 0.05) is 0 Å². The Morgan fingerprint density at radius 2 is 1.55 bits per heavy atom. The number of hydrogen-bond acceptors (Lipinski definition) is 2. The lowest BCUT2D eigenvalue weighted by molar-refractivity contribution is 0.616. The smallest absolute Gasteiger partial charge is 0.198 e. The Hall–Kier alpha value is -0.870. The standard InChI is InChI=1S/C7H6.H3NO2S/c1-2-7-4-3-6(1)5-7;1-4(2)3/h1-4H,5H2;4H,(H2,1,2,3). The molecule has 0 unspecified atom stereocenters. The van der Waals surface area contributed by atoms with Gasteiger partial charge in [0.25, 0.3) is 0 Å². The van der Waals surface area contributed by atoms with Gasteiger partial charge in [-0.25, -0.2) is 13.6 Å². The highest BCUT2D eigenvalue weighted by molar-refractivity contribution is 7.69. The molecule has 2 aliphatic rings. The van der Waals surface area contributed by atoms with Crippen molar-refractivity contribution in [3.8, 4) is 0 Å². The monoisotopic (exact) mass is 171 g/mol. The summed E-state index contributed by atoms with van der Waals surface area (Å²) in [6.45, 7) is 0. The second-order valence-corrected chi connectivity index (χ2v) is 2.85. The van der Waals surface area contributed by atoms with Crippen LogP contribution in [0.3, 0.4) is 0 Å². The van der Waals surface area contributed by atoms with E-state index in [2.05, 4.69) is 29.4 Å². The largest absolute Gasteiger partial charge is 0.231 e. The minimum absolute atomic E-state index is 1.19. The van der Waals surface area contributed by atoms with Gasteiger partial charge in [-0.15, -0.1) is 0 Å². The molecular weight excluding hydrogens is 162 g/mol. The van der Waals surface area contributed by atoms with Gasteiger partial charge in [-0.05, 0) is 17.6 Å². The van der Waals surface area contributed by atoms with Crippen molar-refractivity contribution in [1.29, 1.82) is 0 Å². The molecule has 0 spiro atoms. The SMILES string of the molecule is C1=CC2=CC=C1C2.N[SH](=O)=O. The van der Waals surface area contributed by atoms with Gasteiger partial charge < -0.3 is 0 Å². The fourth-order valence-electron chi connectivity index (χ4n) is 1.01. The molecule has 0 saturated heterocycles. The highest BCUT2D eigenvalue weighted by Gasteiger charge is 2.07. The average molecular weight is 171 g/mol. The topological polar surface area (TPSA) is 60.2 Å². The molecule has 0 atom stereocenters. The third-order valence-corrected chi connectivity index (χ3v) is 1.43. The first kappa shape index (κ1) is 8.23. The van der Waals surface area contributed by atoms with Crippen molar-refractivity contribution in [2.24, 2.45) is 5.14 Å². The quantitative estimate of drug-likeness (QED) is 0.514. The van der Waals surface area contributed by atoms with Crippen LogP contribution in [0.15, 0.2) is 35.5 Å². The Balaban J connectivity index is 0.000000134. The van der Waals surface area contributed by atoms with Crippen LogP contribution in [0.25, 0.3) is 0 Å². The highest BCUT2D eigenvalue weighted by Crippen LogP contribution is 2.27. The predicted molar refractivity (Wildman–Crippen MR) is 44.4 cm³/mol. The first-order chi connectivity index (χ1) is 5.18. The van der Waals surface area contributed by atoms with Crippen molar-refractivity contribution in [1.82, 2.24) is 0 Å². The number of allylic oxidation sites excluding steroid dienone is 6. The van der Waals surface area contributed by atoms with Crippen LogP contribution >= 0.6 is 0 Å². The molecule has 0 radical (unpaired) electrons. The molecule has 60 valence electrons. The molecule has 11 heavy (non-hydrogen) atoms. The van der Waals surface area contributed by atoms with Crippen molar-refractivity contribution >= 4 is 10.9 Å². The third kappa shape index (κ3) is 2.69. The lowest BCUT2D eigenvalue weighted by Crippen LogP contribution is -1.85. The van der Waals surface area contributed by atoms with Crippen LogP contribution in [0.2, 0.25) is 0 Å². The van der Waals surface area contributed by atoms with E-state index in [4.69, 9.17) is 8.42 Å². The van der Waals surface area contributed by atoms with Crippen LogP contribution in [-0.4, -0.2) is 8.42 Å². The molecule has 0 saturated carbocycles. The van der Waals surface area contributed by atoms with E-state index in [1.54, 1.807) is 0 Å². The summed E-state index contributed by atoms with van der Waals surface area (Å²) in [5.74, 6) is 0. The van der Waals surface area contributed by atoms with Gasteiger partial charge in [0.1, 0.15) is 0 Å². The van der Waals surface area contributed by atoms with E-state index >= 15 is 0 Å². The molecule has 2 N–H and O–H groups in total. The summed E-state index contributed by atoms with van der Waals surface area (Å²) in [6, 6.07) is 0. The van der Waals surface area contributed by atoms with E-state index < -0.39 is 10.9 Å². The van der Waals surface area contributed by atoms with Gasteiger partial charge in [-0.1, -0.05) is 24.3 Å². The summed E-state index contributed by atoms with van der Waals surface area (Å²) < 4.78 is 17.6. The van der Waals surface area contributed by atoms with E-state index in [1.807, 2.05) is 0 Å². The zero-order valence-corrected chi connectivity index (χ0v) is 6.75. The van der Waals surface area contributed by atoms with E-state index in [9.17, 15) is 0 Å². The third-order valence-electron chi connectivity index (χ3n) is 1.43. The summed E-state index contributed by atoms with van der Waals surface area (Å²) in [6.07, 6.45) is 9.90. The minimum atomic E-state index is -2.62. The van der Waals surface area contributed by atoms with Gasteiger partial charge >= 0.3 is 0 Å². The predicted octanol–water partition coefficient (Wildman–Crippen LogP) is 0.284. The average Bonchev–Trinajstić information content (AvgIpc) is 2.45. The zero-order valence-electron chi connectivity index (χ0n) is 5.86. The molecule has 4 heteroatoms. The molecule has 0 amide bonds. The van der Waals surface area contributed by atoms with Gasteiger partial charge in [0.05, 0.1) is 0 Å². The van der Waals surface area contributed by atoms with Crippen molar-refractivity contribution in [2.75, 3.05) is 0 Å². The highest BCUT2D eigenvalue weighted by atomic mass is 32.2. The molecule has 2 bridgehead atoms. The van der Waals surface area contributed by atoms with Gasteiger partial charge in [-0.2, -0.15) is 0 Å². The number of nitrogens with two attached hydrogens (primary N) is 1. The number of hydrogen-bond donors (Lipinski definition) is 2. The van der Waals surface area contributed by atoms with Crippen LogP contribution in [0.1, 0.15) is 6.42 Å². The molecule has 0 aromatic carbocycles. The molecule has 3 nitrogen and oxygen atoms in total. The van der Waals surface area contributed by atoms with E-state index in [0.717, 1.165) is 0 Å². The van der Waals surface area contributed by atoms with E-state index in [0.29, 0.717) is 0 Å². The maximum atomic E-state index is 8.81. The summed E-state index contributed by atoms with van der Waals surface area (Å²) in [5.41, 5.74) is 2.94. The van der Waals surface area contributed by atoms with Crippen LogP contribution in [0, 0.1) is 0 Å². The molecule has 0 aromatic heterocycles. The number of fused-ring (bicyclic) bond motifs is 2. The molecule has 0 aliphatic heterocycles. The fraction of sp³-hybridized carbons (Fsp3) is 0.143. The second-order valence-electron chi connectivity index (χ2n) is 2.28. The first-order valence-electron chi connectivity index (χ1n) is 3.15. The Kier molecular flexibility index (Phi) is 2.62. The van der Waals surface area contributed by atoms with Gasteiger partial charge in [0.15, 0.2) is 10.9 Å². The Bertz CT molecular complexity index is 282. The van der Waals surface area contributed by atoms with E-state index in [1.165, 1.54) is 17.6 Å². The molecule has 2 aliphatic carbocycles. The Labute approximate surface area is 67.0 Å². The molecule has 0 fully saturated rings. The second kappa shape index (κ2) is 3.50. The normalized spacial score (nSPS) is 17.6. The minimum Gasteiger partial charge on any atom is -0.231 e. The fourth-order valence-corrected chi connectivity index (χ4v) is 1.01. The van der Waals surface area contributed by atoms with Crippen molar-refractivity contribution < 1.29 is 8.42 Å².